The number of benzene rings is 1. The van der Waals surface area contributed by atoms with E-state index in [9.17, 15) is 13.9 Å². The molecule has 1 aromatic carbocycles. The molecule has 1 fully saturated rings. The molecule has 0 spiro atoms. The zero-order chi connectivity index (χ0) is 13.3. The standard InChI is InChI=1S/C13H17F2NO2/c1-8-3-4-9(12(15)11(8)14)13(17)10-7-16(2)5-6-18-10/h3-4,10,13,17H,5-7H2,1-2H3. The van der Waals surface area contributed by atoms with Gasteiger partial charge in [-0.15, -0.1) is 0 Å². The van der Waals surface area contributed by atoms with Gasteiger partial charge in [-0.25, -0.2) is 8.78 Å². The van der Waals surface area contributed by atoms with Crippen molar-refractivity contribution < 1.29 is 18.6 Å². The summed E-state index contributed by atoms with van der Waals surface area (Å²) in [6.45, 7) is 3.23. The summed E-state index contributed by atoms with van der Waals surface area (Å²) in [5.41, 5.74) is 0.184. The van der Waals surface area contributed by atoms with Crippen LogP contribution in [0, 0.1) is 18.6 Å². The third-order valence-corrected chi connectivity index (χ3v) is 3.27. The molecule has 1 aromatic rings. The van der Waals surface area contributed by atoms with Crippen LogP contribution in [0.5, 0.6) is 0 Å². The Balaban J connectivity index is 2.23. The third kappa shape index (κ3) is 2.53. The van der Waals surface area contributed by atoms with E-state index in [1.54, 1.807) is 0 Å². The highest BCUT2D eigenvalue weighted by Crippen LogP contribution is 2.26. The molecule has 1 aliphatic heterocycles. The zero-order valence-electron chi connectivity index (χ0n) is 10.5. The lowest BCUT2D eigenvalue weighted by Crippen LogP contribution is -2.43. The summed E-state index contributed by atoms with van der Waals surface area (Å²) in [6, 6.07) is 2.87. The predicted octanol–water partition coefficient (Wildman–Crippen LogP) is 1.64. The summed E-state index contributed by atoms with van der Waals surface area (Å²) >= 11 is 0. The summed E-state index contributed by atoms with van der Waals surface area (Å²) in [6.07, 6.45) is -1.68. The number of nitrogens with zero attached hydrogens (tertiary/aromatic N) is 1. The first-order valence-electron chi connectivity index (χ1n) is 5.93. The van der Waals surface area contributed by atoms with Gasteiger partial charge in [-0.3, -0.25) is 0 Å². The fourth-order valence-corrected chi connectivity index (χ4v) is 2.09. The van der Waals surface area contributed by atoms with Gasteiger partial charge in [0.15, 0.2) is 11.6 Å². The summed E-state index contributed by atoms with van der Waals surface area (Å²) < 4.78 is 32.6. The van der Waals surface area contributed by atoms with Crippen molar-refractivity contribution in [1.29, 1.82) is 0 Å². The van der Waals surface area contributed by atoms with E-state index in [-0.39, 0.29) is 11.1 Å². The van der Waals surface area contributed by atoms with Crippen LogP contribution in [0.15, 0.2) is 12.1 Å². The second-order valence-electron chi connectivity index (χ2n) is 4.72. The Bertz CT molecular complexity index is 439. The fraction of sp³-hybridized carbons (Fsp3) is 0.538. The predicted molar refractivity (Wildman–Crippen MR) is 63.3 cm³/mol. The van der Waals surface area contributed by atoms with E-state index in [1.165, 1.54) is 19.1 Å². The molecule has 0 radical (unpaired) electrons. The van der Waals surface area contributed by atoms with E-state index >= 15 is 0 Å². The molecule has 1 N–H and O–H groups in total. The first-order chi connectivity index (χ1) is 8.50. The largest absolute Gasteiger partial charge is 0.386 e. The van der Waals surface area contributed by atoms with Crippen LogP contribution in [-0.2, 0) is 4.74 Å². The summed E-state index contributed by atoms with van der Waals surface area (Å²) in [7, 11) is 1.90. The number of aliphatic hydroxyl groups excluding tert-OH is 1. The van der Waals surface area contributed by atoms with Crippen molar-refractivity contribution in [3.63, 3.8) is 0 Å². The van der Waals surface area contributed by atoms with E-state index in [0.717, 1.165) is 6.54 Å². The van der Waals surface area contributed by atoms with E-state index < -0.39 is 23.8 Å². The molecule has 0 amide bonds. The van der Waals surface area contributed by atoms with Crippen molar-refractivity contribution in [2.45, 2.75) is 19.1 Å². The number of ether oxygens (including phenoxy) is 1. The average molecular weight is 257 g/mol. The molecule has 0 aromatic heterocycles. The topological polar surface area (TPSA) is 32.7 Å². The highest BCUT2D eigenvalue weighted by Gasteiger charge is 2.29. The lowest BCUT2D eigenvalue weighted by molar-refractivity contribution is -0.0855. The van der Waals surface area contributed by atoms with Gasteiger partial charge in [-0.2, -0.15) is 0 Å². The van der Waals surface area contributed by atoms with Crippen LogP contribution >= 0.6 is 0 Å². The van der Waals surface area contributed by atoms with Gasteiger partial charge in [-0.05, 0) is 19.5 Å². The maximum Gasteiger partial charge on any atom is 0.164 e. The lowest BCUT2D eigenvalue weighted by atomic mass is 10.0. The van der Waals surface area contributed by atoms with Crippen LogP contribution in [0.1, 0.15) is 17.2 Å². The Morgan fingerprint density at radius 2 is 2.11 bits per heavy atom. The van der Waals surface area contributed by atoms with Gasteiger partial charge in [0.2, 0.25) is 0 Å². The van der Waals surface area contributed by atoms with E-state index in [1.807, 2.05) is 11.9 Å². The number of aryl methyl sites for hydroxylation is 1. The minimum atomic E-state index is -1.15. The van der Waals surface area contributed by atoms with Gasteiger partial charge >= 0.3 is 0 Å². The highest BCUT2D eigenvalue weighted by atomic mass is 19.2. The van der Waals surface area contributed by atoms with Crippen molar-refractivity contribution in [2.75, 3.05) is 26.7 Å². The Hall–Kier alpha value is -1.04. The Labute approximate surface area is 105 Å². The number of morpholine rings is 1. The van der Waals surface area contributed by atoms with Gasteiger partial charge in [0.1, 0.15) is 12.2 Å². The van der Waals surface area contributed by atoms with E-state index in [0.29, 0.717) is 13.2 Å². The number of likely N-dealkylation sites (N-methyl/N-ethyl adjacent to an activating group) is 1. The Morgan fingerprint density at radius 3 is 2.78 bits per heavy atom. The van der Waals surface area contributed by atoms with Crippen molar-refractivity contribution in [3.8, 4) is 0 Å². The van der Waals surface area contributed by atoms with Crippen molar-refractivity contribution in [3.05, 3.63) is 34.9 Å². The van der Waals surface area contributed by atoms with Crippen LogP contribution < -0.4 is 0 Å². The van der Waals surface area contributed by atoms with Crippen LogP contribution in [0.4, 0.5) is 8.78 Å². The van der Waals surface area contributed by atoms with Crippen molar-refractivity contribution >= 4 is 0 Å². The minimum absolute atomic E-state index is 0.0431. The molecular formula is C13H17F2NO2. The number of rotatable bonds is 2. The molecule has 0 saturated carbocycles. The van der Waals surface area contributed by atoms with Gasteiger partial charge in [0, 0.05) is 18.7 Å². The molecule has 3 nitrogen and oxygen atoms in total. The monoisotopic (exact) mass is 257 g/mol. The third-order valence-electron chi connectivity index (χ3n) is 3.27. The van der Waals surface area contributed by atoms with Crippen molar-refractivity contribution in [1.82, 2.24) is 4.90 Å². The Morgan fingerprint density at radius 1 is 1.39 bits per heavy atom. The molecule has 18 heavy (non-hydrogen) atoms. The normalized spacial score (nSPS) is 23.1. The molecule has 5 heteroatoms. The number of hydrogen-bond acceptors (Lipinski definition) is 3. The molecule has 2 unspecified atom stereocenters. The van der Waals surface area contributed by atoms with Crippen LogP contribution in [0.2, 0.25) is 0 Å². The molecule has 0 aliphatic carbocycles. The quantitative estimate of drug-likeness (QED) is 0.874. The number of halogens is 2. The van der Waals surface area contributed by atoms with Gasteiger partial charge in [-0.1, -0.05) is 12.1 Å². The van der Waals surface area contributed by atoms with Gasteiger partial charge < -0.3 is 14.7 Å². The number of aliphatic hydroxyl groups is 1. The molecular weight excluding hydrogens is 240 g/mol. The minimum Gasteiger partial charge on any atom is -0.386 e. The highest BCUT2D eigenvalue weighted by molar-refractivity contribution is 5.27. The molecule has 1 heterocycles. The molecule has 100 valence electrons. The van der Waals surface area contributed by atoms with Gasteiger partial charge in [0.25, 0.3) is 0 Å². The fourth-order valence-electron chi connectivity index (χ4n) is 2.09. The first kappa shape index (κ1) is 13.4. The Kier molecular flexibility index (Phi) is 3.94. The maximum atomic E-state index is 13.8. The number of hydrogen-bond donors (Lipinski definition) is 1. The molecule has 1 saturated heterocycles. The SMILES string of the molecule is Cc1ccc(C(O)C2CN(C)CCO2)c(F)c1F. The second kappa shape index (κ2) is 5.30. The summed E-state index contributed by atoms with van der Waals surface area (Å²) in [5.74, 6) is -1.89. The second-order valence-corrected chi connectivity index (χ2v) is 4.72. The van der Waals surface area contributed by atoms with E-state index in [2.05, 4.69) is 0 Å². The van der Waals surface area contributed by atoms with Gasteiger partial charge in [0.05, 0.1) is 6.61 Å². The first-order valence-corrected chi connectivity index (χ1v) is 5.93. The smallest absolute Gasteiger partial charge is 0.164 e. The van der Waals surface area contributed by atoms with E-state index in [4.69, 9.17) is 4.74 Å². The van der Waals surface area contributed by atoms with Crippen molar-refractivity contribution in [2.24, 2.45) is 0 Å². The summed E-state index contributed by atoms with van der Waals surface area (Å²) in [5, 5.41) is 10.1. The molecule has 0 bridgehead atoms. The zero-order valence-corrected chi connectivity index (χ0v) is 10.5. The average Bonchev–Trinajstić information content (AvgIpc) is 2.35. The van der Waals surface area contributed by atoms with Crippen LogP contribution in [0.25, 0.3) is 0 Å². The molecule has 1 aliphatic rings. The van der Waals surface area contributed by atoms with Crippen LogP contribution in [-0.4, -0.2) is 42.9 Å². The van der Waals surface area contributed by atoms with Crippen LogP contribution in [0.3, 0.4) is 0 Å². The summed E-state index contributed by atoms with van der Waals surface area (Å²) in [4.78, 5) is 1.99. The molecule has 2 rings (SSSR count). The maximum absolute atomic E-state index is 13.8. The molecule has 2 atom stereocenters. The lowest BCUT2D eigenvalue weighted by Gasteiger charge is -2.33.